The largest absolute Gasteiger partial charge is 0.490 e. The first-order chi connectivity index (χ1) is 10.2. The number of hydrogen-bond acceptors (Lipinski definition) is 3. The maximum Gasteiger partial charge on any atom is 0.335 e. The monoisotopic (exact) mass is 404 g/mol. The van der Waals surface area contributed by atoms with Crippen molar-refractivity contribution in [3.8, 4) is 11.5 Å². The van der Waals surface area contributed by atoms with E-state index in [2.05, 4.69) is 0 Å². The standard InChI is InChI=1S/C16H21IO4/c17-21-15-10-12(16(18)19)9-14(11-15)20-13-7-5-3-1-2-4-6-8-13/h9-11,13H,1-8H2,(H,18,19). The van der Waals surface area contributed by atoms with Crippen molar-refractivity contribution in [1.29, 1.82) is 0 Å². The summed E-state index contributed by atoms with van der Waals surface area (Å²) in [6.45, 7) is 0. The van der Waals surface area contributed by atoms with Crippen LogP contribution in [0.5, 0.6) is 11.5 Å². The van der Waals surface area contributed by atoms with Crippen LogP contribution in [0.25, 0.3) is 0 Å². The zero-order valence-electron chi connectivity index (χ0n) is 12.0. The van der Waals surface area contributed by atoms with Crippen molar-refractivity contribution in [2.24, 2.45) is 0 Å². The van der Waals surface area contributed by atoms with Gasteiger partial charge in [0.15, 0.2) is 23.0 Å². The number of rotatable bonds is 4. The minimum Gasteiger partial charge on any atom is -0.490 e. The molecule has 0 spiro atoms. The quantitative estimate of drug-likeness (QED) is 0.718. The van der Waals surface area contributed by atoms with Crippen LogP contribution in [0, 0.1) is 0 Å². The number of halogens is 1. The second-order valence-electron chi connectivity index (χ2n) is 5.51. The molecule has 1 N–H and O–H groups in total. The Bertz CT molecular complexity index is 465. The van der Waals surface area contributed by atoms with Crippen LogP contribution in [-0.2, 0) is 0 Å². The smallest absolute Gasteiger partial charge is 0.335 e. The van der Waals surface area contributed by atoms with E-state index in [1.807, 2.05) is 0 Å². The molecule has 1 saturated carbocycles. The molecule has 0 radical (unpaired) electrons. The summed E-state index contributed by atoms with van der Waals surface area (Å²) in [6, 6.07) is 4.84. The van der Waals surface area contributed by atoms with Gasteiger partial charge in [-0.3, -0.25) is 0 Å². The molecular formula is C16H21IO4. The molecular weight excluding hydrogens is 383 g/mol. The predicted octanol–water partition coefficient (Wildman–Crippen LogP) is 5.00. The highest BCUT2D eigenvalue weighted by Crippen LogP contribution is 2.27. The number of carboxylic acid groups (broad SMARTS) is 1. The van der Waals surface area contributed by atoms with E-state index in [4.69, 9.17) is 12.9 Å². The van der Waals surface area contributed by atoms with Crippen LogP contribution in [0.4, 0.5) is 0 Å². The minimum atomic E-state index is -0.968. The molecule has 0 heterocycles. The van der Waals surface area contributed by atoms with Crippen LogP contribution >= 0.6 is 23.0 Å². The van der Waals surface area contributed by atoms with E-state index in [-0.39, 0.29) is 11.7 Å². The predicted molar refractivity (Wildman–Crippen MR) is 89.4 cm³/mol. The SMILES string of the molecule is O=C(O)c1cc(OI)cc(OC2CCCCCCCC2)c1. The molecule has 1 aliphatic rings. The summed E-state index contributed by atoms with van der Waals surface area (Å²) in [4.78, 5) is 11.1. The first-order valence-corrected chi connectivity index (χ1v) is 8.41. The van der Waals surface area contributed by atoms with E-state index in [1.54, 1.807) is 35.1 Å². The van der Waals surface area contributed by atoms with Gasteiger partial charge in [0.2, 0.25) is 0 Å². The molecule has 0 aliphatic heterocycles. The maximum absolute atomic E-state index is 11.1. The van der Waals surface area contributed by atoms with Crippen LogP contribution < -0.4 is 7.80 Å². The van der Waals surface area contributed by atoms with E-state index in [9.17, 15) is 4.79 Å². The molecule has 116 valence electrons. The normalized spacial score (nSPS) is 17.4. The van der Waals surface area contributed by atoms with E-state index in [1.165, 1.54) is 44.6 Å². The Labute approximate surface area is 139 Å². The highest BCUT2D eigenvalue weighted by molar-refractivity contribution is 14.1. The van der Waals surface area contributed by atoms with Gasteiger partial charge in [0, 0.05) is 6.07 Å². The fourth-order valence-corrected chi connectivity index (χ4v) is 2.97. The molecule has 21 heavy (non-hydrogen) atoms. The Hall–Kier alpha value is -0.980. The summed E-state index contributed by atoms with van der Waals surface area (Å²) in [6.07, 6.45) is 9.76. The van der Waals surface area contributed by atoms with Crippen LogP contribution in [-0.4, -0.2) is 17.2 Å². The van der Waals surface area contributed by atoms with Crippen LogP contribution in [0.15, 0.2) is 18.2 Å². The fraction of sp³-hybridized carbons (Fsp3) is 0.562. The number of ether oxygens (including phenoxy) is 1. The number of aromatic carboxylic acids is 1. The van der Waals surface area contributed by atoms with Crippen molar-refractivity contribution in [3.05, 3.63) is 23.8 Å². The highest BCUT2D eigenvalue weighted by Gasteiger charge is 2.15. The Morgan fingerprint density at radius 2 is 1.57 bits per heavy atom. The van der Waals surface area contributed by atoms with Gasteiger partial charge in [-0.05, 0) is 37.8 Å². The molecule has 0 unspecified atom stereocenters. The van der Waals surface area contributed by atoms with Gasteiger partial charge < -0.3 is 12.9 Å². The van der Waals surface area contributed by atoms with Crippen molar-refractivity contribution in [3.63, 3.8) is 0 Å². The minimum absolute atomic E-state index is 0.175. The van der Waals surface area contributed by atoms with E-state index in [0.717, 1.165) is 12.8 Å². The first-order valence-electron chi connectivity index (χ1n) is 7.52. The fourth-order valence-electron chi connectivity index (χ4n) is 2.71. The van der Waals surface area contributed by atoms with E-state index in [0.29, 0.717) is 11.5 Å². The number of carbonyl (C=O) groups is 1. The third-order valence-corrected chi connectivity index (χ3v) is 4.33. The van der Waals surface area contributed by atoms with Crippen LogP contribution in [0.3, 0.4) is 0 Å². The average molecular weight is 404 g/mol. The van der Waals surface area contributed by atoms with Crippen molar-refractivity contribution >= 4 is 29.0 Å². The van der Waals surface area contributed by atoms with Gasteiger partial charge in [-0.25, -0.2) is 4.79 Å². The highest BCUT2D eigenvalue weighted by atomic mass is 127. The van der Waals surface area contributed by atoms with Crippen LogP contribution in [0.1, 0.15) is 61.7 Å². The molecule has 1 aromatic rings. The van der Waals surface area contributed by atoms with Gasteiger partial charge in [-0.2, -0.15) is 0 Å². The molecule has 0 saturated heterocycles. The lowest BCUT2D eigenvalue weighted by Crippen LogP contribution is -2.16. The molecule has 5 heteroatoms. The Kier molecular flexibility index (Phi) is 6.60. The van der Waals surface area contributed by atoms with Gasteiger partial charge in [0.05, 0.1) is 11.7 Å². The third kappa shape index (κ3) is 5.37. The summed E-state index contributed by atoms with van der Waals surface area (Å²) in [5, 5.41) is 9.14. The van der Waals surface area contributed by atoms with Crippen molar-refractivity contribution < 1.29 is 17.7 Å². The topological polar surface area (TPSA) is 55.8 Å². The molecule has 1 aromatic carbocycles. The van der Waals surface area contributed by atoms with Gasteiger partial charge in [-0.1, -0.05) is 25.7 Å². The van der Waals surface area contributed by atoms with E-state index >= 15 is 0 Å². The first kappa shape index (κ1) is 16.4. The second-order valence-corrected chi connectivity index (χ2v) is 5.95. The van der Waals surface area contributed by atoms with Crippen LogP contribution in [0.2, 0.25) is 0 Å². The zero-order chi connectivity index (χ0) is 15.1. The molecule has 4 nitrogen and oxygen atoms in total. The summed E-state index contributed by atoms with van der Waals surface area (Å²) in [5.41, 5.74) is 0.197. The van der Waals surface area contributed by atoms with Crippen molar-refractivity contribution in [1.82, 2.24) is 0 Å². The Balaban J connectivity index is 2.08. The number of benzene rings is 1. The number of hydrogen-bond donors (Lipinski definition) is 1. The maximum atomic E-state index is 11.1. The summed E-state index contributed by atoms with van der Waals surface area (Å²) in [7, 11) is 0. The number of carboxylic acids is 1. The third-order valence-electron chi connectivity index (χ3n) is 3.82. The molecule has 0 amide bonds. The molecule has 1 fully saturated rings. The summed E-state index contributed by atoms with van der Waals surface area (Å²) in [5.74, 6) is 0.129. The molecule has 2 rings (SSSR count). The second kappa shape index (κ2) is 8.46. The molecule has 0 atom stereocenters. The zero-order valence-corrected chi connectivity index (χ0v) is 14.2. The van der Waals surface area contributed by atoms with Crippen molar-refractivity contribution in [2.45, 2.75) is 57.5 Å². The lowest BCUT2D eigenvalue weighted by Gasteiger charge is -2.19. The van der Waals surface area contributed by atoms with Gasteiger partial charge in [-0.15, -0.1) is 0 Å². The Morgan fingerprint density at radius 1 is 1.00 bits per heavy atom. The van der Waals surface area contributed by atoms with Gasteiger partial charge >= 0.3 is 5.97 Å². The van der Waals surface area contributed by atoms with Crippen molar-refractivity contribution in [2.75, 3.05) is 0 Å². The lowest BCUT2D eigenvalue weighted by atomic mass is 10.1. The van der Waals surface area contributed by atoms with E-state index < -0.39 is 5.97 Å². The average Bonchev–Trinajstić information content (AvgIpc) is 2.61. The summed E-state index contributed by atoms with van der Waals surface area (Å²) >= 11 is 1.75. The molecule has 0 aromatic heterocycles. The molecule has 1 aliphatic carbocycles. The lowest BCUT2D eigenvalue weighted by molar-refractivity contribution is 0.0695. The summed E-state index contributed by atoms with van der Waals surface area (Å²) < 4.78 is 11.2. The molecule has 0 bridgehead atoms. The van der Waals surface area contributed by atoms with Gasteiger partial charge in [0.25, 0.3) is 0 Å². The Morgan fingerprint density at radius 3 is 2.14 bits per heavy atom. The van der Waals surface area contributed by atoms with Gasteiger partial charge in [0.1, 0.15) is 11.5 Å².